The van der Waals surface area contributed by atoms with E-state index in [0.29, 0.717) is 5.92 Å². The van der Waals surface area contributed by atoms with Crippen molar-refractivity contribution in [2.45, 2.75) is 25.7 Å². The highest BCUT2D eigenvalue weighted by molar-refractivity contribution is 6.00. The van der Waals surface area contributed by atoms with Crippen LogP contribution in [0.5, 0.6) is 0 Å². The first-order valence-electron chi connectivity index (χ1n) is 9.17. The van der Waals surface area contributed by atoms with Crippen molar-refractivity contribution in [3.63, 3.8) is 0 Å². The Bertz CT molecular complexity index is 905. The normalized spacial score (nSPS) is 15.5. The van der Waals surface area contributed by atoms with Crippen molar-refractivity contribution in [1.29, 1.82) is 0 Å². The Labute approximate surface area is 149 Å². The highest BCUT2D eigenvalue weighted by Gasteiger charge is 2.16. The van der Waals surface area contributed by atoms with Crippen LogP contribution in [0.2, 0.25) is 0 Å². The van der Waals surface area contributed by atoms with Crippen LogP contribution in [-0.2, 0) is 6.42 Å². The van der Waals surface area contributed by atoms with Crippen molar-refractivity contribution >= 4 is 16.6 Å². The third-order valence-corrected chi connectivity index (χ3v) is 5.05. The Balaban J connectivity index is 1.67. The number of hydrogen-bond acceptors (Lipinski definition) is 2. The molecule has 1 aliphatic rings. The molecule has 0 spiro atoms. The van der Waals surface area contributed by atoms with Crippen LogP contribution in [0.1, 0.15) is 36.0 Å². The predicted molar refractivity (Wildman–Crippen MR) is 107 cm³/mol. The third-order valence-electron chi connectivity index (χ3n) is 5.05. The van der Waals surface area contributed by atoms with Gasteiger partial charge in [-0.1, -0.05) is 73.7 Å². The second-order valence-corrected chi connectivity index (χ2v) is 6.84. The van der Waals surface area contributed by atoms with E-state index in [4.69, 9.17) is 4.99 Å². The van der Waals surface area contributed by atoms with Crippen molar-refractivity contribution in [2.75, 3.05) is 13.1 Å². The van der Waals surface area contributed by atoms with Crippen molar-refractivity contribution in [3.8, 4) is 0 Å². The smallest absolute Gasteiger partial charge is 0.128 e. The average Bonchev–Trinajstić information content (AvgIpc) is 2.69. The lowest BCUT2D eigenvalue weighted by atomic mass is 9.88. The lowest BCUT2D eigenvalue weighted by molar-refractivity contribution is 0.732. The number of nitrogens with one attached hydrogen (secondary N) is 1. The maximum absolute atomic E-state index is 4.71. The van der Waals surface area contributed by atoms with Crippen LogP contribution in [0.15, 0.2) is 71.7 Å². The number of nitrogens with zero attached hydrogens (tertiary/aromatic N) is 1. The summed E-state index contributed by atoms with van der Waals surface area (Å²) in [6.07, 6.45) is 2.16. The van der Waals surface area contributed by atoms with E-state index in [2.05, 4.69) is 79.0 Å². The van der Waals surface area contributed by atoms with Gasteiger partial charge in [-0.3, -0.25) is 4.99 Å². The summed E-state index contributed by atoms with van der Waals surface area (Å²) >= 11 is 0. The summed E-state index contributed by atoms with van der Waals surface area (Å²) in [5.74, 6) is 1.50. The molecule has 0 bridgehead atoms. The second-order valence-electron chi connectivity index (χ2n) is 6.84. The fraction of sp³-hybridized carbons (Fsp3) is 0.261. The van der Waals surface area contributed by atoms with E-state index in [1.165, 1.54) is 27.5 Å². The molecule has 0 aromatic heterocycles. The molecule has 2 nitrogen and oxygen atoms in total. The molecule has 0 saturated heterocycles. The van der Waals surface area contributed by atoms with Crippen molar-refractivity contribution in [3.05, 3.63) is 83.4 Å². The minimum atomic E-state index is 0.438. The van der Waals surface area contributed by atoms with Gasteiger partial charge < -0.3 is 5.32 Å². The molecule has 0 fully saturated rings. The molecule has 0 amide bonds. The highest BCUT2D eigenvalue weighted by Crippen LogP contribution is 2.28. The molecular weight excluding hydrogens is 304 g/mol. The van der Waals surface area contributed by atoms with Gasteiger partial charge in [0.2, 0.25) is 0 Å². The monoisotopic (exact) mass is 328 g/mol. The molecule has 1 aliphatic heterocycles. The molecule has 1 N–H and O–H groups in total. The van der Waals surface area contributed by atoms with Crippen LogP contribution in [0.3, 0.4) is 0 Å². The highest BCUT2D eigenvalue weighted by atomic mass is 15.0. The fourth-order valence-corrected chi connectivity index (χ4v) is 3.77. The molecule has 1 atom stereocenters. The van der Waals surface area contributed by atoms with Gasteiger partial charge in [-0.25, -0.2) is 0 Å². The summed E-state index contributed by atoms with van der Waals surface area (Å²) in [6, 6.07) is 24.0. The van der Waals surface area contributed by atoms with Crippen LogP contribution >= 0.6 is 0 Å². The zero-order valence-corrected chi connectivity index (χ0v) is 14.7. The Morgan fingerprint density at radius 2 is 1.76 bits per heavy atom. The zero-order valence-electron chi connectivity index (χ0n) is 14.7. The number of fused-ring (bicyclic) bond motifs is 1. The van der Waals surface area contributed by atoms with Crippen LogP contribution in [0, 0.1) is 0 Å². The molecule has 0 saturated carbocycles. The zero-order chi connectivity index (χ0) is 17.1. The van der Waals surface area contributed by atoms with E-state index in [0.717, 1.165) is 31.8 Å². The molecule has 0 aliphatic carbocycles. The average molecular weight is 328 g/mol. The van der Waals surface area contributed by atoms with E-state index in [-0.39, 0.29) is 0 Å². The third kappa shape index (κ3) is 3.30. The molecule has 0 radical (unpaired) electrons. The molecule has 126 valence electrons. The fourth-order valence-electron chi connectivity index (χ4n) is 3.77. The molecule has 25 heavy (non-hydrogen) atoms. The first-order valence-corrected chi connectivity index (χ1v) is 9.17. The number of rotatable bonds is 4. The van der Waals surface area contributed by atoms with Gasteiger partial charge in [0.1, 0.15) is 5.84 Å². The summed E-state index contributed by atoms with van der Waals surface area (Å²) < 4.78 is 0. The van der Waals surface area contributed by atoms with E-state index in [1.54, 1.807) is 0 Å². The molecule has 3 aromatic carbocycles. The van der Waals surface area contributed by atoms with Gasteiger partial charge in [-0.15, -0.1) is 0 Å². The quantitative estimate of drug-likeness (QED) is 0.722. The van der Waals surface area contributed by atoms with Gasteiger partial charge in [0.05, 0.1) is 0 Å². The number of amidine groups is 1. The number of benzene rings is 3. The molecular formula is C23H24N2. The summed E-state index contributed by atoms with van der Waals surface area (Å²) in [6.45, 7) is 4.27. The van der Waals surface area contributed by atoms with Crippen molar-refractivity contribution in [2.24, 2.45) is 4.99 Å². The lowest BCUT2D eigenvalue weighted by Gasteiger charge is -2.21. The SMILES string of the molecule is CC(Cc1cccc2ccccc12)c1ccccc1C1=NCCCN1. The largest absolute Gasteiger partial charge is 0.370 e. The Hall–Kier alpha value is -2.61. The Kier molecular flexibility index (Phi) is 4.51. The summed E-state index contributed by atoms with van der Waals surface area (Å²) in [5, 5.41) is 6.16. The molecule has 3 aromatic rings. The molecule has 1 unspecified atom stereocenters. The first-order chi connectivity index (χ1) is 12.3. The molecule has 1 heterocycles. The second kappa shape index (κ2) is 7.10. The van der Waals surface area contributed by atoms with Crippen LogP contribution in [0.4, 0.5) is 0 Å². The van der Waals surface area contributed by atoms with Crippen LogP contribution in [-0.4, -0.2) is 18.9 Å². The minimum absolute atomic E-state index is 0.438. The topological polar surface area (TPSA) is 24.4 Å². The predicted octanol–water partition coefficient (Wildman–Crippen LogP) is 4.93. The summed E-state index contributed by atoms with van der Waals surface area (Å²) in [7, 11) is 0. The van der Waals surface area contributed by atoms with E-state index >= 15 is 0 Å². The van der Waals surface area contributed by atoms with E-state index in [1.807, 2.05) is 0 Å². The molecule has 2 heteroatoms. The van der Waals surface area contributed by atoms with E-state index < -0.39 is 0 Å². The summed E-state index contributed by atoms with van der Waals surface area (Å²) in [4.78, 5) is 4.71. The maximum Gasteiger partial charge on any atom is 0.128 e. The van der Waals surface area contributed by atoms with Crippen LogP contribution < -0.4 is 5.32 Å². The standard InChI is InChI=1S/C23H24N2/c1-17(16-19-10-6-9-18-8-2-3-12-21(18)19)20-11-4-5-13-22(20)23-24-14-7-15-25-23/h2-6,8-13,17H,7,14-16H2,1H3,(H,24,25). The van der Waals surface area contributed by atoms with Crippen LogP contribution in [0.25, 0.3) is 10.8 Å². The van der Waals surface area contributed by atoms with Gasteiger partial charge in [-0.2, -0.15) is 0 Å². The van der Waals surface area contributed by atoms with Gasteiger partial charge in [-0.05, 0) is 40.7 Å². The molecule has 4 rings (SSSR count). The summed E-state index contributed by atoms with van der Waals surface area (Å²) in [5.41, 5.74) is 4.05. The Morgan fingerprint density at radius 3 is 2.64 bits per heavy atom. The lowest BCUT2D eigenvalue weighted by Crippen LogP contribution is -2.31. The van der Waals surface area contributed by atoms with Crippen molar-refractivity contribution < 1.29 is 0 Å². The van der Waals surface area contributed by atoms with Crippen molar-refractivity contribution in [1.82, 2.24) is 5.32 Å². The minimum Gasteiger partial charge on any atom is -0.370 e. The van der Waals surface area contributed by atoms with E-state index in [9.17, 15) is 0 Å². The van der Waals surface area contributed by atoms with Gasteiger partial charge in [0, 0.05) is 18.7 Å². The van der Waals surface area contributed by atoms with Gasteiger partial charge in [0.15, 0.2) is 0 Å². The number of aliphatic imine (C=N–C) groups is 1. The first kappa shape index (κ1) is 15.9. The maximum atomic E-state index is 4.71. The Morgan fingerprint density at radius 1 is 0.960 bits per heavy atom. The van der Waals surface area contributed by atoms with Gasteiger partial charge in [0.25, 0.3) is 0 Å². The number of hydrogen-bond donors (Lipinski definition) is 1. The van der Waals surface area contributed by atoms with Gasteiger partial charge >= 0.3 is 0 Å².